The topological polar surface area (TPSA) is 92.8 Å². The number of benzene rings is 2. The maximum absolute atomic E-state index is 13.6. The summed E-state index contributed by atoms with van der Waals surface area (Å²) >= 11 is 4.26. The van der Waals surface area contributed by atoms with Gasteiger partial charge in [-0.1, -0.05) is 74.2 Å². The smallest absolute Gasteiger partial charge is 0.311 e. The number of ketones is 1. The molecule has 2 unspecified atom stereocenters. The van der Waals surface area contributed by atoms with E-state index < -0.39 is 29.6 Å². The summed E-state index contributed by atoms with van der Waals surface area (Å²) in [5.74, 6) is -0.991. The third kappa shape index (κ3) is 11.6. The zero-order chi connectivity index (χ0) is 30.0. The lowest BCUT2D eigenvalue weighted by atomic mass is 9.90. The number of carbonyl (C=O) groups is 4. The van der Waals surface area contributed by atoms with Crippen LogP contribution in [0.4, 0.5) is 0 Å². The van der Waals surface area contributed by atoms with Crippen molar-refractivity contribution in [3.63, 3.8) is 0 Å². The Bertz CT molecular complexity index is 1110. The molecule has 2 atom stereocenters. The molecule has 42 heavy (non-hydrogen) atoms. The van der Waals surface area contributed by atoms with E-state index in [2.05, 4.69) is 30.1 Å². The molecule has 2 aromatic carbocycles. The Labute approximate surface area is 256 Å². The molecule has 0 aliphatic carbocycles. The largest absolute Gasteiger partial charge is 0.427 e. The number of nitrogens with zero attached hydrogens (tertiary/aromatic N) is 1. The fraction of sp³-hybridized carbons (Fsp3) is 0.529. The van der Waals surface area contributed by atoms with Crippen molar-refractivity contribution in [3.05, 3.63) is 66.2 Å². The SMILES string of the molecule is O=C(CCC(CCCCCCCS)C(=O)C(=O)N1CCCCC1C(=O)NCCCc1ccccc1)Oc1ccccc1. The van der Waals surface area contributed by atoms with Gasteiger partial charge in [-0.2, -0.15) is 12.6 Å². The molecule has 0 bridgehead atoms. The minimum atomic E-state index is -0.642. The number of Topliss-reactive ketones (excluding diaryl/α,β-unsaturated/α-hetero) is 1. The van der Waals surface area contributed by atoms with E-state index in [0.717, 1.165) is 63.5 Å². The highest BCUT2D eigenvalue weighted by molar-refractivity contribution is 7.80. The molecule has 0 radical (unpaired) electrons. The van der Waals surface area contributed by atoms with E-state index in [-0.39, 0.29) is 18.7 Å². The number of para-hydroxylation sites is 1. The number of esters is 1. The number of piperidine rings is 1. The summed E-state index contributed by atoms with van der Waals surface area (Å²) in [6.07, 6.45) is 9.56. The quantitative estimate of drug-likeness (QED) is 0.0731. The lowest BCUT2D eigenvalue weighted by molar-refractivity contribution is -0.152. The molecule has 2 amide bonds. The summed E-state index contributed by atoms with van der Waals surface area (Å²) in [7, 11) is 0. The van der Waals surface area contributed by atoms with Crippen molar-refractivity contribution in [1.29, 1.82) is 0 Å². The fourth-order valence-electron chi connectivity index (χ4n) is 5.43. The van der Waals surface area contributed by atoms with Gasteiger partial charge in [0.25, 0.3) is 5.91 Å². The third-order valence-electron chi connectivity index (χ3n) is 7.81. The number of aryl methyl sites for hydroxylation is 1. The Kier molecular flexibility index (Phi) is 15.2. The molecule has 3 rings (SSSR count). The summed E-state index contributed by atoms with van der Waals surface area (Å²) in [5, 5.41) is 2.99. The first-order valence-corrected chi connectivity index (χ1v) is 16.2. The molecule has 0 aromatic heterocycles. The number of thiol groups is 1. The van der Waals surface area contributed by atoms with Crippen LogP contribution in [-0.2, 0) is 25.6 Å². The van der Waals surface area contributed by atoms with Crippen LogP contribution in [0.3, 0.4) is 0 Å². The van der Waals surface area contributed by atoms with Crippen LogP contribution in [-0.4, -0.2) is 53.4 Å². The van der Waals surface area contributed by atoms with Gasteiger partial charge in [0.15, 0.2) is 0 Å². The molecule has 1 fully saturated rings. The summed E-state index contributed by atoms with van der Waals surface area (Å²) in [6.45, 7) is 0.902. The Hall–Kier alpha value is -3.13. The highest BCUT2D eigenvalue weighted by Gasteiger charge is 2.37. The maximum Gasteiger partial charge on any atom is 0.311 e. The second kappa shape index (κ2) is 19.1. The van der Waals surface area contributed by atoms with Gasteiger partial charge in [-0.15, -0.1) is 0 Å². The fourth-order valence-corrected chi connectivity index (χ4v) is 5.66. The number of hydrogen-bond donors (Lipinski definition) is 2. The number of nitrogens with one attached hydrogen (secondary N) is 1. The predicted octanol–water partition coefficient (Wildman–Crippen LogP) is 5.96. The first-order valence-electron chi connectivity index (χ1n) is 15.5. The zero-order valence-corrected chi connectivity index (χ0v) is 25.6. The summed E-state index contributed by atoms with van der Waals surface area (Å²) in [4.78, 5) is 54.3. The molecule has 228 valence electrons. The molecule has 2 aromatic rings. The minimum absolute atomic E-state index is 0.0452. The molecule has 0 saturated carbocycles. The lowest BCUT2D eigenvalue weighted by Crippen LogP contribution is -2.54. The normalized spacial score (nSPS) is 15.5. The number of hydrogen-bond acceptors (Lipinski definition) is 6. The van der Waals surface area contributed by atoms with Crippen LogP contribution in [0, 0.1) is 5.92 Å². The number of ether oxygens (including phenoxy) is 1. The zero-order valence-electron chi connectivity index (χ0n) is 24.7. The van der Waals surface area contributed by atoms with Crippen LogP contribution in [0.1, 0.15) is 82.6 Å². The number of amides is 2. The van der Waals surface area contributed by atoms with Gasteiger partial charge in [0.1, 0.15) is 11.8 Å². The third-order valence-corrected chi connectivity index (χ3v) is 8.13. The van der Waals surface area contributed by atoms with Gasteiger partial charge in [0.05, 0.1) is 0 Å². The first-order chi connectivity index (χ1) is 20.5. The second-order valence-corrected chi connectivity index (χ2v) is 11.5. The van der Waals surface area contributed by atoms with Crippen LogP contribution in [0.5, 0.6) is 5.75 Å². The highest BCUT2D eigenvalue weighted by Crippen LogP contribution is 2.23. The Morgan fingerprint density at radius 3 is 2.29 bits per heavy atom. The van der Waals surface area contributed by atoms with Crippen molar-refractivity contribution >= 4 is 36.2 Å². The lowest BCUT2D eigenvalue weighted by Gasteiger charge is -2.35. The van der Waals surface area contributed by atoms with Gasteiger partial charge >= 0.3 is 5.97 Å². The molecule has 1 N–H and O–H groups in total. The Morgan fingerprint density at radius 2 is 1.55 bits per heavy atom. The van der Waals surface area contributed by atoms with Crippen LogP contribution in [0.15, 0.2) is 60.7 Å². The number of carbonyl (C=O) groups excluding carboxylic acids is 4. The second-order valence-electron chi connectivity index (χ2n) is 11.1. The van der Waals surface area contributed by atoms with Gasteiger partial charge in [0, 0.05) is 25.4 Å². The van der Waals surface area contributed by atoms with Crippen LogP contribution < -0.4 is 10.1 Å². The summed E-state index contributed by atoms with van der Waals surface area (Å²) in [5.41, 5.74) is 1.22. The molecule has 1 heterocycles. The molecular weight excluding hydrogens is 548 g/mol. The van der Waals surface area contributed by atoms with E-state index >= 15 is 0 Å². The van der Waals surface area contributed by atoms with Crippen molar-refractivity contribution in [3.8, 4) is 5.75 Å². The monoisotopic (exact) mass is 594 g/mol. The molecule has 1 aliphatic heterocycles. The van der Waals surface area contributed by atoms with E-state index in [0.29, 0.717) is 31.7 Å². The standard InChI is InChI=1S/C34H46N2O5S/c37-31(41-29-19-9-5-10-20-29)23-22-28(18-8-2-1-3-13-26-42)32(38)34(40)36-25-12-11-21-30(36)33(39)35-24-14-17-27-15-6-4-7-16-27/h4-7,9-10,15-16,19-20,28,30,42H,1-3,8,11-14,17-18,21-26H2,(H,35,39). The molecule has 1 saturated heterocycles. The Balaban J connectivity index is 1.57. The number of rotatable bonds is 18. The van der Waals surface area contributed by atoms with E-state index in [4.69, 9.17) is 4.74 Å². The van der Waals surface area contributed by atoms with Gasteiger partial charge in [-0.25, -0.2) is 0 Å². The van der Waals surface area contributed by atoms with Crippen molar-refractivity contribution in [2.75, 3.05) is 18.8 Å². The molecule has 0 spiro atoms. The van der Waals surface area contributed by atoms with Crippen LogP contribution >= 0.6 is 12.6 Å². The molecule has 1 aliphatic rings. The van der Waals surface area contributed by atoms with E-state index in [9.17, 15) is 19.2 Å². The van der Waals surface area contributed by atoms with E-state index in [1.807, 2.05) is 24.3 Å². The van der Waals surface area contributed by atoms with Gasteiger partial charge in [-0.05, 0) is 74.8 Å². The molecular formula is C34H46N2O5S. The van der Waals surface area contributed by atoms with Crippen molar-refractivity contribution in [2.24, 2.45) is 5.92 Å². The van der Waals surface area contributed by atoms with E-state index in [1.54, 1.807) is 24.3 Å². The van der Waals surface area contributed by atoms with Crippen molar-refractivity contribution in [2.45, 2.75) is 89.5 Å². The highest BCUT2D eigenvalue weighted by atomic mass is 32.1. The summed E-state index contributed by atoms with van der Waals surface area (Å²) in [6, 6.07) is 18.3. The van der Waals surface area contributed by atoms with Crippen LogP contribution in [0.2, 0.25) is 0 Å². The Morgan fingerprint density at radius 1 is 0.857 bits per heavy atom. The maximum atomic E-state index is 13.6. The van der Waals surface area contributed by atoms with Gasteiger partial charge in [-0.3, -0.25) is 19.2 Å². The molecule has 7 nitrogen and oxygen atoms in total. The average molecular weight is 595 g/mol. The van der Waals surface area contributed by atoms with Gasteiger partial charge < -0.3 is 15.0 Å². The average Bonchev–Trinajstić information content (AvgIpc) is 3.02. The first kappa shape index (κ1) is 33.4. The predicted molar refractivity (Wildman–Crippen MR) is 168 cm³/mol. The number of unbranched alkanes of at least 4 members (excludes halogenated alkanes) is 4. The van der Waals surface area contributed by atoms with Crippen LogP contribution in [0.25, 0.3) is 0 Å². The van der Waals surface area contributed by atoms with Crippen molar-refractivity contribution in [1.82, 2.24) is 10.2 Å². The van der Waals surface area contributed by atoms with E-state index in [1.165, 1.54) is 10.5 Å². The minimum Gasteiger partial charge on any atom is -0.427 e. The van der Waals surface area contributed by atoms with Crippen molar-refractivity contribution < 1.29 is 23.9 Å². The number of likely N-dealkylation sites (tertiary alicyclic amines) is 1. The summed E-state index contributed by atoms with van der Waals surface area (Å²) < 4.78 is 5.41. The van der Waals surface area contributed by atoms with Gasteiger partial charge in [0.2, 0.25) is 11.7 Å². The molecule has 8 heteroatoms.